The van der Waals surface area contributed by atoms with Gasteiger partial charge in [-0.2, -0.15) is 0 Å². The van der Waals surface area contributed by atoms with Crippen molar-refractivity contribution in [1.82, 2.24) is 0 Å². The first-order valence-corrected chi connectivity index (χ1v) is 5.05. The predicted molar refractivity (Wildman–Crippen MR) is 61.1 cm³/mol. The van der Waals surface area contributed by atoms with Gasteiger partial charge >= 0.3 is 0 Å². The average Bonchev–Trinajstić information content (AvgIpc) is 1.83. The van der Waals surface area contributed by atoms with Crippen LogP contribution >= 0.6 is 0 Å². The molecule has 0 aromatic heterocycles. The van der Waals surface area contributed by atoms with Crippen LogP contribution in [0.1, 0.15) is 54.4 Å². The van der Waals surface area contributed by atoms with Gasteiger partial charge in [0.25, 0.3) is 0 Å². The number of ether oxygens (including phenoxy) is 1. The Labute approximate surface area is 84.2 Å². The molecule has 0 rings (SSSR count). The molecule has 0 aromatic rings. The van der Waals surface area contributed by atoms with E-state index < -0.39 is 0 Å². The van der Waals surface area contributed by atoms with Crippen molar-refractivity contribution in [3.05, 3.63) is 12.2 Å². The third-order valence-electron chi connectivity index (χ3n) is 1.03. The van der Waals surface area contributed by atoms with E-state index in [2.05, 4.69) is 34.3 Å². The van der Waals surface area contributed by atoms with Gasteiger partial charge in [0.05, 0.1) is 5.60 Å². The second kappa shape index (κ2) is 8.31. The van der Waals surface area contributed by atoms with Crippen molar-refractivity contribution in [1.29, 1.82) is 0 Å². The molecule has 0 amide bonds. The third kappa shape index (κ3) is 33.9. The lowest BCUT2D eigenvalue weighted by molar-refractivity contribution is -0.00415. The summed E-state index contributed by atoms with van der Waals surface area (Å²) in [6.07, 6.45) is 2.40. The van der Waals surface area contributed by atoms with Crippen LogP contribution in [-0.2, 0) is 4.74 Å². The molecule has 0 bridgehead atoms. The SMILES string of the molecule is C=C(C)C.CCCCOC(C)(C)C. The maximum absolute atomic E-state index is 5.47. The highest BCUT2D eigenvalue weighted by Gasteiger charge is 2.07. The molecular weight excluding hydrogens is 160 g/mol. The highest BCUT2D eigenvalue weighted by Crippen LogP contribution is 2.06. The lowest BCUT2D eigenvalue weighted by atomic mass is 10.2. The second-order valence-corrected chi connectivity index (χ2v) is 4.52. The Morgan fingerprint density at radius 2 is 1.62 bits per heavy atom. The topological polar surface area (TPSA) is 9.23 Å². The lowest BCUT2D eigenvalue weighted by Gasteiger charge is -2.18. The minimum Gasteiger partial charge on any atom is -0.376 e. The fourth-order valence-electron chi connectivity index (χ4n) is 0.523. The fraction of sp³-hybridized carbons (Fsp3) is 0.833. The minimum atomic E-state index is 0.0508. The van der Waals surface area contributed by atoms with E-state index in [9.17, 15) is 0 Å². The molecule has 0 aliphatic carbocycles. The first-order chi connectivity index (χ1) is 5.79. The normalized spacial score (nSPS) is 10.3. The highest BCUT2D eigenvalue weighted by atomic mass is 16.5. The van der Waals surface area contributed by atoms with E-state index in [0.717, 1.165) is 6.61 Å². The zero-order valence-electron chi connectivity index (χ0n) is 10.2. The molecule has 13 heavy (non-hydrogen) atoms. The highest BCUT2D eigenvalue weighted by molar-refractivity contribution is 4.78. The van der Waals surface area contributed by atoms with E-state index in [1.165, 1.54) is 18.4 Å². The molecule has 0 N–H and O–H groups in total. The number of allylic oxidation sites excluding steroid dienone is 1. The zero-order valence-corrected chi connectivity index (χ0v) is 10.2. The van der Waals surface area contributed by atoms with Crippen LogP contribution in [0.5, 0.6) is 0 Å². The largest absolute Gasteiger partial charge is 0.376 e. The third-order valence-corrected chi connectivity index (χ3v) is 1.03. The molecule has 0 heterocycles. The molecule has 0 radical (unpaired) electrons. The Balaban J connectivity index is 0. The Morgan fingerprint density at radius 1 is 1.23 bits per heavy atom. The van der Waals surface area contributed by atoms with E-state index in [0.29, 0.717) is 0 Å². The predicted octanol–water partition coefficient (Wildman–Crippen LogP) is 4.18. The number of hydrogen-bond donors (Lipinski definition) is 0. The fourth-order valence-corrected chi connectivity index (χ4v) is 0.523. The maximum atomic E-state index is 5.47. The Bertz CT molecular complexity index is 116. The van der Waals surface area contributed by atoms with Gasteiger partial charge in [-0.1, -0.05) is 18.9 Å². The monoisotopic (exact) mass is 186 g/mol. The van der Waals surface area contributed by atoms with E-state index in [4.69, 9.17) is 4.74 Å². The van der Waals surface area contributed by atoms with Crippen LogP contribution in [0.3, 0.4) is 0 Å². The van der Waals surface area contributed by atoms with Gasteiger partial charge in [0.15, 0.2) is 0 Å². The van der Waals surface area contributed by atoms with Crippen LogP contribution in [0.2, 0.25) is 0 Å². The van der Waals surface area contributed by atoms with E-state index >= 15 is 0 Å². The molecular formula is C12H26O. The summed E-state index contributed by atoms with van der Waals surface area (Å²) in [6, 6.07) is 0. The molecule has 0 aliphatic heterocycles. The Hall–Kier alpha value is -0.300. The van der Waals surface area contributed by atoms with Gasteiger partial charge in [-0.25, -0.2) is 0 Å². The van der Waals surface area contributed by atoms with Crippen molar-refractivity contribution in [3.63, 3.8) is 0 Å². The number of hydrogen-bond acceptors (Lipinski definition) is 1. The maximum Gasteiger partial charge on any atom is 0.0598 e. The van der Waals surface area contributed by atoms with Gasteiger partial charge < -0.3 is 4.74 Å². The van der Waals surface area contributed by atoms with Crippen molar-refractivity contribution in [2.45, 2.75) is 60.0 Å². The van der Waals surface area contributed by atoms with Crippen LogP contribution in [-0.4, -0.2) is 12.2 Å². The van der Waals surface area contributed by atoms with E-state index in [1.54, 1.807) is 0 Å². The van der Waals surface area contributed by atoms with Crippen LogP contribution in [0.4, 0.5) is 0 Å². The van der Waals surface area contributed by atoms with Crippen LogP contribution < -0.4 is 0 Å². The van der Waals surface area contributed by atoms with Gasteiger partial charge in [0.1, 0.15) is 0 Å². The number of unbranched alkanes of at least 4 members (excludes halogenated alkanes) is 1. The molecule has 0 spiro atoms. The lowest BCUT2D eigenvalue weighted by Crippen LogP contribution is -2.19. The van der Waals surface area contributed by atoms with Crippen molar-refractivity contribution >= 4 is 0 Å². The molecule has 0 atom stereocenters. The van der Waals surface area contributed by atoms with E-state index in [1.807, 2.05) is 13.8 Å². The minimum absolute atomic E-state index is 0.0508. The van der Waals surface area contributed by atoms with Gasteiger partial charge in [-0.05, 0) is 41.0 Å². The van der Waals surface area contributed by atoms with Crippen molar-refractivity contribution in [3.8, 4) is 0 Å². The van der Waals surface area contributed by atoms with Crippen molar-refractivity contribution in [2.75, 3.05) is 6.61 Å². The van der Waals surface area contributed by atoms with Gasteiger partial charge in [0.2, 0.25) is 0 Å². The summed E-state index contributed by atoms with van der Waals surface area (Å²) in [7, 11) is 0. The molecule has 0 aliphatic rings. The summed E-state index contributed by atoms with van der Waals surface area (Å²) in [5, 5.41) is 0. The summed E-state index contributed by atoms with van der Waals surface area (Å²) in [4.78, 5) is 0. The van der Waals surface area contributed by atoms with Gasteiger partial charge in [-0.3, -0.25) is 0 Å². The molecule has 0 aromatic carbocycles. The first-order valence-electron chi connectivity index (χ1n) is 5.05. The van der Waals surface area contributed by atoms with E-state index in [-0.39, 0.29) is 5.60 Å². The number of rotatable bonds is 3. The summed E-state index contributed by atoms with van der Waals surface area (Å²) in [5.74, 6) is 0. The van der Waals surface area contributed by atoms with Crippen LogP contribution in [0, 0.1) is 0 Å². The molecule has 0 saturated heterocycles. The molecule has 1 heteroatoms. The standard InChI is InChI=1S/C8H18O.C4H8/c1-5-6-7-9-8(2,3)4;1-4(2)3/h5-7H2,1-4H3;1H2,2-3H3. The van der Waals surface area contributed by atoms with Crippen molar-refractivity contribution in [2.24, 2.45) is 0 Å². The molecule has 0 unspecified atom stereocenters. The summed E-state index contributed by atoms with van der Waals surface area (Å²) >= 11 is 0. The van der Waals surface area contributed by atoms with Gasteiger partial charge in [0, 0.05) is 6.61 Å². The Kier molecular flexibility index (Phi) is 9.70. The average molecular weight is 186 g/mol. The summed E-state index contributed by atoms with van der Waals surface area (Å²) < 4.78 is 5.47. The van der Waals surface area contributed by atoms with Crippen LogP contribution in [0.15, 0.2) is 12.2 Å². The van der Waals surface area contributed by atoms with Crippen LogP contribution in [0.25, 0.3) is 0 Å². The zero-order chi connectivity index (χ0) is 10.9. The summed E-state index contributed by atoms with van der Waals surface area (Å²) in [6.45, 7) is 16.8. The summed E-state index contributed by atoms with van der Waals surface area (Å²) in [5.41, 5.74) is 1.22. The quantitative estimate of drug-likeness (QED) is 0.474. The molecule has 0 saturated carbocycles. The van der Waals surface area contributed by atoms with Gasteiger partial charge in [-0.15, -0.1) is 6.58 Å². The smallest absolute Gasteiger partial charge is 0.0598 e. The molecule has 1 nitrogen and oxygen atoms in total. The first kappa shape index (κ1) is 15.2. The molecule has 0 fully saturated rings. The Morgan fingerprint density at radius 3 is 1.85 bits per heavy atom. The second-order valence-electron chi connectivity index (χ2n) is 4.52. The molecule has 80 valence electrons. The van der Waals surface area contributed by atoms with Crippen molar-refractivity contribution < 1.29 is 4.74 Å².